The summed E-state index contributed by atoms with van der Waals surface area (Å²) < 4.78 is 0. The molecule has 0 unspecified atom stereocenters. The zero-order valence-corrected chi connectivity index (χ0v) is 17.8. The number of nitrogens with zero attached hydrogens (tertiary/aromatic N) is 1. The fourth-order valence-electron chi connectivity index (χ4n) is 4.38. The highest BCUT2D eigenvalue weighted by Crippen LogP contribution is 2.29. The highest BCUT2D eigenvalue weighted by Gasteiger charge is 2.17. The van der Waals surface area contributed by atoms with Gasteiger partial charge < -0.3 is 4.98 Å². The van der Waals surface area contributed by atoms with Gasteiger partial charge in [-0.2, -0.15) is 0 Å². The predicted octanol–water partition coefficient (Wildman–Crippen LogP) is 7.28. The summed E-state index contributed by atoms with van der Waals surface area (Å²) in [5.74, 6) is -0.0851. The molecule has 0 aliphatic carbocycles. The van der Waals surface area contributed by atoms with E-state index < -0.39 is 0 Å². The van der Waals surface area contributed by atoms with Gasteiger partial charge in [-0.1, -0.05) is 97.1 Å². The average Bonchev–Trinajstić information content (AvgIpc) is 3.28. The molecule has 3 heteroatoms. The second-order valence-corrected chi connectivity index (χ2v) is 8.10. The van der Waals surface area contributed by atoms with E-state index in [1.165, 1.54) is 11.1 Å². The third-order valence-corrected chi connectivity index (χ3v) is 6.12. The zero-order chi connectivity index (χ0) is 22.2. The molecular weight excluding hydrogens is 404 g/mol. The molecule has 6 rings (SSSR count). The highest BCUT2D eigenvalue weighted by atomic mass is 16.1. The molecule has 0 aliphatic heterocycles. The number of para-hydroxylation sites is 1. The van der Waals surface area contributed by atoms with Crippen molar-refractivity contribution in [3.63, 3.8) is 0 Å². The molecule has 3 nitrogen and oxygen atoms in total. The molecule has 0 atom stereocenters. The topological polar surface area (TPSA) is 45.8 Å². The molecule has 0 spiro atoms. The highest BCUT2D eigenvalue weighted by molar-refractivity contribution is 6.18. The monoisotopic (exact) mass is 424 g/mol. The molecule has 0 saturated heterocycles. The molecule has 1 N–H and O–H groups in total. The van der Waals surface area contributed by atoms with Crippen molar-refractivity contribution in [2.24, 2.45) is 0 Å². The van der Waals surface area contributed by atoms with Crippen LogP contribution in [-0.2, 0) is 0 Å². The summed E-state index contributed by atoms with van der Waals surface area (Å²) in [6, 6.07) is 36.6. The Kier molecular flexibility index (Phi) is 4.59. The van der Waals surface area contributed by atoms with Gasteiger partial charge >= 0.3 is 0 Å². The first-order valence-electron chi connectivity index (χ1n) is 10.9. The molecule has 0 bridgehead atoms. The van der Waals surface area contributed by atoms with Crippen LogP contribution >= 0.6 is 0 Å². The van der Waals surface area contributed by atoms with Crippen LogP contribution in [0.2, 0.25) is 0 Å². The van der Waals surface area contributed by atoms with Crippen LogP contribution in [-0.4, -0.2) is 15.8 Å². The number of hydrogen-bond acceptors (Lipinski definition) is 2. The molecule has 4 aromatic carbocycles. The summed E-state index contributed by atoms with van der Waals surface area (Å²) in [4.78, 5) is 21.1. The van der Waals surface area contributed by atoms with Crippen LogP contribution < -0.4 is 0 Å². The van der Waals surface area contributed by atoms with E-state index in [4.69, 9.17) is 0 Å². The first-order chi connectivity index (χ1) is 16.3. The van der Waals surface area contributed by atoms with E-state index in [-0.39, 0.29) is 5.78 Å². The summed E-state index contributed by atoms with van der Waals surface area (Å²) >= 11 is 0. The smallest absolute Gasteiger partial charge is 0.213 e. The van der Waals surface area contributed by atoms with Crippen LogP contribution in [0.1, 0.15) is 16.1 Å². The number of carbonyl (C=O) groups excluding carboxylic acids is 1. The van der Waals surface area contributed by atoms with E-state index in [2.05, 4.69) is 52.4 Å². The van der Waals surface area contributed by atoms with Crippen molar-refractivity contribution >= 4 is 27.6 Å². The number of aromatic nitrogens is 2. The van der Waals surface area contributed by atoms with Gasteiger partial charge in [0.05, 0.1) is 5.52 Å². The molecular formula is C30H20N2O. The van der Waals surface area contributed by atoms with Crippen LogP contribution in [0.5, 0.6) is 0 Å². The Balaban J connectivity index is 1.31. The van der Waals surface area contributed by atoms with Crippen molar-refractivity contribution < 1.29 is 4.79 Å². The number of pyridine rings is 1. The number of benzene rings is 4. The third kappa shape index (κ3) is 3.40. The van der Waals surface area contributed by atoms with Gasteiger partial charge in [0.25, 0.3) is 0 Å². The van der Waals surface area contributed by atoms with Gasteiger partial charge in [0.2, 0.25) is 5.78 Å². The Morgan fingerprint density at radius 3 is 1.85 bits per heavy atom. The third-order valence-electron chi connectivity index (χ3n) is 6.12. The minimum Gasteiger partial charge on any atom is -0.353 e. The van der Waals surface area contributed by atoms with Crippen LogP contribution in [0.3, 0.4) is 0 Å². The number of hydrogen-bond donors (Lipinski definition) is 1. The Morgan fingerprint density at radius 1 is 0.576 bits per heavy atom. The molecule has 0 fully saturated rings. The van der Waals surface area contributed by atoms with Crippen molar-refractivity contribution in [3.8, 4) is 22.3 Å². The quantitative estimate of drug-likeness (QED) is 0.302. The van der Waals surface area contributed by atoms with Crippen molar-refractivity contribution in [1.82, 2.24) is 9.97 Å². The number of aromatic amines is 1. The van der Waals surface area contributed by atoms with Gasteiger partial charge in [-0.3, -0.25) is 9.78 Å². The summed E-state index contributed by atoms with van der Waals surface area (Å²) in [6.45, 7) is 0. The normalized spacial score (nSPS) is 11.2. The maximum atomic E-state index is 13.3. The maximum absolute atomic E-state index is 13.3. The second-order valence-electron chi connectivity index (χ2n) is 8.10. The van der Waals surface area contributed by atoms with E-state index in [9.17, 15) is 4.79 Å². The first-order valence-corrected chi connectivity index (χ1v) is 10.9. The van der Waals surface area contributed by atoms with Crippen molar-refractivity contribution in [1.29, 1.82) is 0 Å². The summed E-state index contributed by atoms with van der Waals surface area (Å²) in [5.41, 5.74) is 7.43. The van der Waals surface area contributed by atoms with Gasteiger partial charge in [0, 0.05) is 28.0 Å². The van der Waals surface area contributed by atoms with Crippen molar-refractivity contribution in [3.05, 3.63) is 127 Å². The Labute approximate surface area is 191 Å². The van der Waals surface area contributed by atoms with E-state index >= 15 is 0 Å². The van der Waals surface area contributed by atoms with Gasteiger partial charge in [-0.05, 0) is 34.4 Å². The van der Waals surface area contributed by atoms with E-state index in [1.54, 1.807) is 6.20 Å². The molecule has 0 radical (unpaired) electrons. The lowest BCUT2D eigenvalue weighted by Gasteiger charge is -2.07. The van der Waals surface area contributed by atoms with E-state index in [0.717, 1.165) is 32.9 Å². The number of ketones is 1. The molecule has 2 aromatic heterocycles. The molecule has 0 saturated carbocycles. The summed E-state index contributed by atoms with van der Waals surface area (Å²) in [6.07, 6.45) is 1.71. The Morgan fingerprint density at radius 2 is 1.15 bits per heavy atom. The van der Waals surface area contributed by atoms with Gasteiger partial charge in [0.15, 0.2) is 0 Å². The first kappa shape index (κ1) is 19.2. The second kappa shape index (κ2) is 7.88. The van der Waals surface area contributed by atoms with E-state index in [1.807, 2.05) is 66.7 Å². The average molecular weight is 425 g/mol. The number of fused-ring (bicyclic) bond motifs is 3. The zero-order valence-electron chi connectivity index (χ0n) is 17.8. The van der Waals surface area contributed by atoms with E-state index in [0.29, 0.717) is 11.3 Å². The fourth-order valence-corrected chi connectivity index (χ4v) is 4.38. The summed E-state index contributed by atoms with van der Waals surface area (Å²) in [5, 5.41) is 2.11. The van der Waals surface area contributed by atoms with Crippen LogP contribution in [0.25, 0.3) is 44.1 Å². The lowest BCUT2D eigenvalue weighted by molar-refractivity contribution is 0.103. The van der Waals surface area contributed by atoms with Crippen molar-refractivity contribution in [2.45, 2.75) is 0 Å². The lowest BCUT2D eigenvalue weighted by atomic mass is 9.98. The van der Waals surface area contributed by atoms with Gasteiger partial charge in [0.1, 0.15) is 5.69 Å². The number of nitrogens with one attached hydrogen (secondary N) is 1. The fraction of sp³-hybridized carbons (Fsp3) is 0. The number of rotatable bonds is 4. The predicted molar refractivity (Wildman–Crippen MR) is 134 cm³/mol. The SMILES string of the molecule is O=C(c1ccc(-c2ccc(-c3ccccc3)cc2)cc1)c1nccc2c1[nH]c1ccccc12. The summed E-state index contributed by atoms with van der Waals surface area (Å²) in [7, 11) is 0. The molecule has 0 amide bonds. The molecule has 6 aromatic rings. The maximum Gasteiger partial charge on any atom is 0.213 e. The Bertz CT molecular complexity index is 1600. The van der Waals surface area contributed by atoms with Crippen LogP contribution in [0, 0.1) is 0 Å². The molecule has 156 valence electrons. The number of H-pyrrole nitrogens is 1. The van der Waals surface area contributed by atoms with Gasteiger partial charge in [-0.25, -0.2) is 0 Å². The lowest BCUT2D eigenvalue weighted by Crippen LogP contribution is -2.04. The largest absolute Gasteiger partial charge is 0.353 e. The minimum atomic E-state index is -0.0851. The Hall–Kier alpha value is -4.50. The standard InChI is InChI=1S/C30H20N2O/c33-30(29-28-26(18-19-31-29)25-8-4-5-9-27(25)32-28)24-16-14-23(15-17-24)22-12-10-21(11-13-22)20-6-2-1-3-7-20/h1-19,32H. The minimum absolute atomic E-state index is 0.0851. The van der Waals surface area contributed by atoms with Gasteiger partial charge in [-0.15, -0.1) is 0 Å². The molecule has 33 heavy (non-hydrogen) atoms. The van der Waals surface area contributed by atoms with Crippen LogP contribution in [0.4, 0.5) is 0 Å². The molecule has 2 heterocycles. The van der Waals surface area contributed by atoms with Crippen LogP contribution in [0.15, 0.2) is 115 Å². The molecule has 0 aliphatic rings. The van der Waals surface area contributed by atoms with Crippen molar-refractivity contribution in [2.75, 3.05) is 0 Å². The number of carbonyl (C=O) groups is 1.